The van der Waals surface area contributed by atoms with Crippen molar-refractivity contribution in [1.29, 1.82) is 0 Å². The van der Waals surface area contributed by atoms with E-state index in [1.165, 1.54) is 30.6 Å². The van der Waals surface area contributed by atoms with Crippen LogP contribution in [-0.2, 0) is 9.53 Å². The second-order valence-corrected chi connectivity index (χ2v) is 9.01. The van der Waals surface area contributed by atoms with Gasteiger partial charge in [0.25, 0.3) is 5.91 Å². The third-order valence-electron chi connectivity index (χ3n) is 4.26. The normalized spacial score (nSPS) is 15.5. The summed E-state index contributed by atoms with van der Waals surface area (Å²) in [7, 11) is 1.53. The van der Waals surface area contributed by atoms with Crippen molar-refractivity contribution in [1.82, 2.24) is 0 Å². The minimum atomic E-state index is -0.929. The highest BCUT2D eigenvalue weighted by atomic mass is 32.2. The first-order valence-electron chi connectivity index (χ1n) is 9.06. The number of esters is 1. The molecule has 1 atom stereocenters. The minimum Gasteiger partial charge on any atom is -0.495 e. The van der Waals surface area contributed by atoms with Crippen LogP contribution in [0.5, 0.6) is 5.75 Å². The molecule has 28 heavy (non-hydrogen) atoms. The zero-order valence-corrected chi connectivity index (χ0v) is 17.5. The second-order valence-electron chi connectivity index (χ2n) is 6.29. The zero-order valence-electron chi connectivity index (χ0n) is 15.8. The van der Waals surface area contributed by atoms with E-state index >= 15 is 0 Å². The molecule has 0 spiro atoms. The molecule has 0 radical (unpaired) electrons. The number of thioether (sulfide) groups is 2. The van der Waals surface area contributed by atoms with Crippen LogP contribution in [0.15, 0.2) is 48.5 Å². The fraction of sp³-hybridized carbons (Fsp3) is 0.333. The molecule has 2 aromatic rings. The number of hydrogen-bond acceptors (Lipinski definition) is 6. The number of carbonyl (C=O) groups excluding carboxylic acids is 2. The summed E-state index contributed by atoms with van der Waals surface area (Å²) in [6, 6.07) is 14.5. The Labute approximate surface area is 173 Å². The summed E-state index contributed by atoms with van der Waals surface area (Å²) in [6.07, 6.45) is 0.312. The molecule has 1 N–H and O–H groups in total. The number of carbonyl (C=O) groups is 2. The van der Waals surface area contributed by atoms with E-state index in [0.717, 1.165) is 0 Å². The van der Waals surface area contributed by atoms with Crippen molar-refractivity contribution in [2.75, 3.05) is 23.9 Å². The standard InChI is InChI=1S/C21H23NO4S2/c1-14(19(23)22-17-6-3-4-7-18(17)25-2)26-20(24)15-8-10-16(11-9-15)21-27-12-5-13-28-21/h3-4,6-11,14,21H,5,12-13H2,1-2H3,(H,22,23)/t14-/m1/s1. The maximum Gasteiger partial charge on any atom is 0.338 e. The Kier molecular flexibility index (Phi) is 7.28. The van der Waals surface area contributed by atoms with E-state index in [1.807, 2.05) is 41.7 Å². The molecule has 1 aliphatic heterocycles. The number of rotatable bonds is 6. The van der Waals surface area contributed by atoms with E-state index in [0.29, 0.717) is 21.6 Å². The zero-order chi connectivity index (χ0) is 19.9. The van der Waals surface area contributed by atoms with Gasteiger partial charge in [-0.25, -0.2) is 4.79 Å². The number of para-hydroxylation sites is 2. The lowest BCUT2D eigenvalue weighted by atomic mass is 10.1. The average Bonchev–Trinajstić information content (AvgIpc) is 2.74. The molecule has 1 saturated heterocycles. The minimum absolute atomic E-state index is 0.413. The number of nitrogens with one attached hydrogen (secondary N) is 1. The molecule has 3 rings (SSSR count). The summed E-state index contributed by atoms with van der Waals surface area (Å²) in [5.74, 6) is 1.95. The van der Waals surface area contributed by atoms with Crippen molar-refractivity contribution >= 4 is 41.1 Å². The second kappa shape index (κ2) is 9.89. The highest BCUT2D eigenvalue weighted by Crippen LogP contribution is 2.43. The first-order chi connectivity index (χ1) is 13.6. The first-order valence-corrected chi connectivity index (χ1v) is 11.2. The van der Waals surface area contributed by atoms with Gasteiger partial charge in [-0.2, -0.15) is 0 Å². The number of hydrogen-bond donors (Lipinski definition) is 1. The molecule has 1 amide bonds. The van der Waals surface area contributed by atoms with Crippen LogP contribution in [0.4, 0.5) is 5.69 Å². The molecular weight excluding hydrogens is 394 g/mol. The third kappa shape index (κ3) is 5.23. The molecule has 1 fully saturated rings. The monoisotopic (exact) mass is 417 g/mol. The summed E-state index contributed by atoms with van der Waals surface area (Å²) in [5, 5.41) is 2.72. The van der Waals surface area contributed by atoms with Crippen LogP contribution in [-0.4, -0.2) is 36.6 Å². The Balaban J connectivity index is 1.58. The highest BCUT2D eigenvalue weighted by molar-refractivity contribution is 8.16. The molecule has 0 unspecified atom stereocenters. The molecule has 0 aromatic heterocycles. The molecule has 5 nitrogen and oxygen atoms in total. The quantitative estimate of drug-likeness (QED) is 0.685. The van der Waals surface area contributed by atoms with Gasteiger partial charge in [0.05, 0.1) is 22.9 Å². The summed E-state index contributed by atoms with van der Waals surface area (Å²) < 4.78 is 11.0. The van der Waals surface area contributed by atoms with Crippen molar-refractivity contribution in [2.24, 2.45) is 0 Å². The molecular formula is C21H23NO4S2. The third-order valence-corrected chi connectivity index (χ3v) is 7.28. The summed E-state index contributed by atoms with van der Waals surface area (Å²) in [4.78, 5) is 24.7. The van der Waals surface area contributed by atoms with Crippen molar-refractivity contribution in [2.45, 2.75) is 24.0 Å². The van der Waals surface area contributed by atoms with Crippen molar-refractivity contribution in [3.05, 3.63) is 59.7 Å². The molecule has 7 heteroatoms. The molecule has 0 bridgehead atoms. The summed E-state index contributed by atoms with van der Waals surface area (Å²) in [6.45, 7) is 1.55. The molecule has 2 aromatic carbocycles. The Bertz CT molecular complexity index is 819. The Morgan fingerprint density at radius 2 is 1.75 bits per heavy atom. The highest BCUT2D eigenvalue weighted by Gasteiger charge is 2.21. The largest absolute Gasteiger partial charge is 0.495 e. The Hall–Kier alpha value is -2.12. The van der Waals surface area contributed by atoms with Crippen LogP contribution in [0, 0.1) is 0 Å². The first kappa shape index (κ1) is 20.6. The Morgan fingerprint density at radius 3 is 2.43 bits per heavy atom. The van der Waals surface area contributed by atoms with Crippen molar-refractivity contribution in [3.63, 3.8) is 0 Å². The number of benzene rings is 2. The smallest absolute Gasteiger partial charge is 0.338 e. The molecule has 0 saturated carbocycles. The molecule has 0 aliphatic carbocycles. The van der Waals surface area contributed by atoms with Crippen LogP contribution in [0.1, 0.15) is 33.8 Å². The molecule has 1 aliphatic rings. The van der Waals surface area contributed by atoms with Gasteiger partial charge in [0.15, 0.2) is 6.10 Å². The van der Waals surface area contributed by atoms with E-state index in [2.05, 4.69) is 5.32 Å². The van der Waals surface area contributed by atoms with Crippen LogP contribution in [0.25, 0.3) is 0 Å². The van der Waals surface area contributed by atoms with Crippen LogP contribution >= 0.6 is 23.5 Å². The van der Waals surface area contributed by atoms with Gasteiger partial charge in [-0.1, -0.05) is 24.3 Å². The predicted octanol–water partition coefficient (Wildman–Crippen LogP) is 4.75. The van der Waals surface area contributed by atoms with Gasteiger partial charge in [-0.15, -0.1) is 23.5 Å². The van der Waals surface area contributed by atoms with Crippen molar-refractivity contribution in [3.8, 4) is 5.75 Å². The number of anilines is 1. The lowest BCUT2D eigenvalue weighted by molar-refractivity contribution is -0.123. The van der Waals surface area contributed by atoms with Gasteiger partial charge in [-0.3, -0.25) is 4.79 Å². The van der Waals surface area contributed by atoms with Gasteiger partial charge < -0.3 is 14.8 Å². The average molecular weight is 418 g/mol. The maximum absolute atomic E-state index is 12.4. The SMILES string of the molecule is COc1ccccc1NC(=O)[C@@H](C)OC(=O)c1ccc(C2SCCCS2)cc1. The predicted molar refractivity (Wildman–Crippen MR) is 115 cm³/mol. The van der Waals surface area contributed by atoms with E-state index in [1.54, 1.807) is 37.3 Å². The van der Waals surface area contributed by atoms with Crippen LogP contribution < -0.4 is 10.1 Å². The number of ether oxygens (including phenoxy) is 2. The number of amides is 1. The van der Waals surface area contributed by atoms with Crippen LogP contribution in [0.2, 0.25) is 0 Å². The van der Waals surface area contributed by atoms with E-state index < -0.39 is 18.0 Å². The van der Waals surface area contributed by atoms with E-state index in [-0.39, 0.29) is 0 Å². The topological polar surface area (TPSA) is 64.6 Å². The fourth-order valence-corrected chi connectivity index (χ4v) is 5.62. The fourth-order valence-electron chi connectivity index (χ4n) is 2.72. The Morgan fingerprint density at radius 1 is 1.07 bits per heavy atom. The van der Waals surface area contributed by atoms with Crippen LogP contribution in [0.3, 0.4) is 0 Å². The number of methoxy groups -OCH3 is 1. The summed E-state index contributed by atoms with van der Waals surface area (Å²) >= 11 is 3.87. The summed E-state index contributed by atoms with van der Waals surface area (Å²) in [5.41, 5.74) is 2.17. The molecule has 148 valence electrons. The lowest BCUT2D eigenvalue weighted by Gasteiger charge is -2.21. The van der Waals surface area contributed by atoms with Gasteiger partial charge >= 0.3 is 5.97 Å². The molecule has 1 heterocycles. The van der Waals surface area contributed by atoms with Gasteiger partial charge in [0, 0.05) is 0 Å². The van der Waals surface area contributed by atoms with E-state index in [4.69, 9.17) is 9.47 Å². The van der Waals surface area contributed by atoms with Gasteiger partial charge in [-0.05, 0) is 54.7 Å². The van der Waals surface area contributed by atoms with E-state index in [9.17, 15) is 9.59 Å². The van der Waals surface area contributed by atoms with Crippen molar-refractivity contribution < 1.29 is 19.1 Å². The van der Waals surface area contributed by atoms with Gasteiger partial charge in [0.1, 0.15) is 5.75 Å². The van der Waals surface area contributed by atoms with Gasteiger partial charge in [0.2, 0.25) is 0 Å². The lowest BCUT2D eigenvalue weighted by Crippen LogP contribution is -2.30. The maximum atomic E-state index is 12.4.